The largest absolute Gasteiger partial charge is 0.399 e. The van der Waals surface area contributed by atoms with Crippen LogP contribution in [0.15, 0.2) is 41.0 Å². The van der Waals surface area contributed by atoms with E-state index in [0.717, 1.165) is 10.2 Å². The van der Waals surface area contributed by atoms with E-state index in [2.05, 4.69) is 26.2 Å². The Labute approximate surface area is 125 Å². The van der Waals surface area contributed by atoms with E-state index in [9.17, 15) is 4.79 Å². The van der Waals surface area contributed by atoms with Crippen LogP contribution in [-0.2, 0) is 0 Å². The quantitative estimate of drug-likeness (QED) is 0.846. The number of pyridine rings is 1. The maximum absolute atomic E-state index is 12.4. The molecule has 1 aromatic carbocycles. The molecule has 0 atom stereocenters. The molecule has 0 radical (unpaired) electrons. The van der Waals surface area contributed by atoms with Gasteiger partial charge in [-0.1, -0.05) is 0 Å². The van der Waals surface area contributed by atoms with Crippen molar-refractivity contribution in [2.75, 3.05) is 30.0 Å². The van der Waals surface area contributed by atoms with Crippen LogP contribution in [0.2, 0.25) is 0 Å². The van der Waals surface area contributed by atoms with Crippen molar-refractivity contribution in [1.29, 1.82) is 0 Å². The number of anilines is 3. The van der Waals surface area contributed by atoms with E-state index in [0.29, 0.717) is 17.1 Å². The van der Waals surface area contributed by atoms with E-state index < -0.39 is 0 Å². The first kappa shape index (κ1) is 14.3. The third-order valence-electron chi connectivity index (χ3n) is 2.74. The number of nitrogens with zero attached hydrogens (tertiary/aromatic N) is 2. The Morgan fingerprint density at radius 3 is 2.75 bits per heavy atom. The summed E-state index contributed by atoms with van der Waals surface area (Å²) in [6.45, 7) is 0. The number of amides is 1. The molecule has 1 heterocycles. The maximum Gasteiger partial charge on any atom is 0.259 e. The standard InChI is InChI=1S/C14H15BrN4O/c1-19(2)12-6-5-9(16)8-10(12)14(20)18-13-11(15)4-3-7-17-13/h3-8H,16H2,1-2H3,(H,17,18,20). The summed E-state index contributed by atoms with van der Waals surface area (Å²) in [6.07, 6.45) is 1.62. The fourth-order valence-electron chi connectivity index (χ4n) is 1.78. The number of carbonyl (C=O) groups excluding carboxylic acids is 1. The van der Waals surface area contributed by atoms with Crippen LogP contribution in [0, 0.1) is 0 Å². The lowest BCUT2D eigenvalue weighted by Crippen LogP contribution is -2.19. The van der Waals surface area contributed by atoms with Crippen molar-refractivity contribution in [2.45, 2.75) is 0 Å². The number of benzene rings is 1. The molecule has 0 fully saturated rings. The molecule has 0 spiro atoms. The van der Waals surface area contributed by atoms with Crippen LogP contribution < -0.4 is 16.0 Å². The molecule has 0 aliphatic heterocycles. The molecule has 0 unspecified atom stereocenters. The van der Waals surface area contributed by atoms with Crippen LogP contribution in [0.25, 0.3) is 0 Å². The summed E-state index contributed by atoms with van der Waals surface area (Å²) >= 11 is 3.35. The molecule has 2 rings (SSSR count). The summed E-state index contributed by atoms with van der Waals surface area (Å²) in [5.74, 6) is 0.227. The number of nitrogens with one attached hydrogen (secondary N) is 1. The van der Waals surface area contributed by atoms with E-state index in [4.69, 9.17) is 5.73 Å². The van der Waals surface area contributed by atoms with Crippen LogP contribution in [0.4, 0.5) is 17.2 Å². The molecule has 104 valence electrons. The van der Waals surface area contributed by atoms with Crippen LogP contribution in [0.3, 0.4) is 0 Å². The Morgan fingerprint density at radius 1 is 1.35 bits per heavy atom. The van der Waals surface area contributed by atoms with Gasteiger partial charge >= 0.3 is 0 Å². The summed E-state index contributed by atoms with van der Waals surface area (Å²) in [7, 11) is 3.75. The number of hydrogen-bond donors (Lipinski definition) is 2. The van der Waals surface area contributed by atoms with Gasteiger partial charge in [-0.25, -0.2) is 4.98 Å². The molecule has 0 aliphatic carbocycles. The van der Waals surface area contributed by atoms with Crippen molar-refractivity contribution >= 4 is 39.0 Å². The maximum atomic E-state index is 12.4. The summed E-state index contributed by atoms with van der Waals surface area (Å²) in [5, 5.41) is 2.77. The predicted octanol–water partition coefficient (Wildman–Crippen LogP) is 2.74. The van der Waals surface area contributed by atoms with E-state index in [1.54, 1.807) is 24.4 Å². The lowest BCUT2D eigenvalue weighted by molar-refractivity contribution is 0.102. The molecule has 0 aliphatic rings. The molecule has 0 saturated carbocycles. The van der Waals surface area contributed by atoms with Gasteiger partial charge in [0.2, 0.25) is 0 Å². The second-order valence-electron chi connectivity index (χ2n) is 4.46. The van der Waals surface area contributed by atoms with Gasteiger partial charge in [-0.05, 0) is 46.3 Å². The SMILES string of the molecule is CN(C)c1ccc(N)cc1C(=O)Nc1ncccc1Br. The van der Waals surface area contributed by atoms with Gasteiger partial charge < -0.3 is 16.0 Å². The molecular weight excluding hydrogens is 320 g/mol. The average molecular weight is 335 g/mol. The Morgan fingerprint density at radius 2 is 2.10 bits per heavy atom. The minimum atomic E-state index is -0.250. The number of halogens is 1. The van der Waals surface area contributed by atoms with Gasteiger partial charge in [0, 0.05) is 31.7 Å². The molecule has 0 bridgehead atoms. The van der Waals surface area contributed by atoms with E-state index in [1.165, 1.54) is 0 Å². The Bertz CT molecular complexity index is 643. The monoisotopic (exact) mass is 334 g/mol. The predicted molar refractivity (Wildman–Crippen MR) is 85.1 cm³/mol. The van der Waals surface area contributed by atoms with Crippen molar-refractivity contribution < 1.29 is 4.79 Å². The first-order valence-electron chi connectivity index (χ1n) is 5.97. The summed E-state index contributed by atoms with van der Waals surface area (Å²) in [4.78, 5) is 18.4. The van der Waals surface area contributed by atoms with Crippen molar-refractivity contribution in [1.82, 2.24) is 4.98 Å². The van der Waals surface area contributed by atoms with Gasteiger partial charge in [-0.3, -0.25) is 4.79 Å². The van der Waals surface area contributed by atoms with E-state index in [-0.39, 0.29) is 5.91 Å². The second kappa shape index (κ2) is 5.92. The highest BCUT2D eigenvalue weighted by Crippen LogP contribution is 2.24. The fourth-order valence-corrected chi connectivity index (χ4v) is 2.13. The third-order valence-corrected chi connectivity index (χ3v) is 3.38. The van der Waals surface area contributed by atoms with Crippen LogP contribution in [-0.4, -0.2) is 25.0 Å². The molecule has 5 nitrogen and oxygen atoms in total. The van der Waals surface area contributed by atoms with Crippen molar-refractivity contribution in [3.63, 3.8) is 0 Å². The zero-order valence-electron chi connectivity index (χ0n) is 11.2. The van der Waals surface area contributed by atoms with Crippen LogP contribution >= 0.6 is 15.9 Å². The van der Waals surface area contributed by atoms with Crippen LogP contribution in [0.5, 0.6) is 0 Å². The fraction of sp³-hybridized carbons (Fsp3) is 0.143. The number of rotatable bonds is 3. The molecular formula is C14H15BrN4O. The van der Waals surface area contributed by atoms with Gasteiger partial charge in [0.25, 0.3) is 5.91 Å². The first-order valence-corrected chi connectivity index (χ1v) is 6.77. The van der Waals surface area contributed by atoms with Gasteiger partial charge in [-0.15, -0.1) is 0 Å². The van der Waals surface area contributed by atoms with Crippen LogP contribution in [0.1, 0.15) is 10.4 Å². The Hall–Kier alpha value is -2.08. The third kappa shape index (κ3) is 3.08. The minimum absolute atomic E-state index is 0.250. The number of nitrogens with two attached hydrogens (primary N) is 1. The minimum Gasteiger partial charge on any atom is -0.399 e. The molecule has 2 aromatic rings. The summed E-state index contributed by atoms with van der Waals surface area (Å²) in [5.41, 5.74) is 7.61. The Balaban J connectivity index is 2.34. The zero-order valence-corrected chi connectivity index (χ0v) is 12.8. The first-order chi connectivity index (χ1) is 9.49. The lowest BCUT2D eigenvalue weighted by Gasteiger charge is -2.17. The van der Waals surface area contributed by atoms with E-state index in [1.807, 2.05) is 31.1 Å². The summed E-state index contributed by atoms with van der Waals surface area (Å²) < 4.78 is 0.726. The molecule has 0 saturated heterocycles. The zero-order chi connectivity index (χ0) is 14.7. The topological polar surface area (TPSA) is 71.2 Å². The highest BCUT2D eigenvalue weighted by molar-refractivity contribution is 9.10. The highest BCUT2D eigenvalue weighted by Gasteiger charge is 2.15. The summed E-state index contributed by atoms with van der Waals surface area (Å²) in [6, 6.07) is 8.84. The molecule has 1 amide bonds. The van der Waals surface area contributed by atoms with Gasteiger partial charge in [0.15, 0.2) is 0 Å². The van der Waals surface area contributed by atoms with Gasteiger partial charge in [-0.2, -0.15) is 0 Å². The van der Waals surface area contributed by atoms with E-state index >= 15 is 0 Å². The Kier molecular flexibility index (Phi) is 4.24. The molecule has 3 N–H and O–H groups in total. The van der Waals surface area contributed by atoms with Crippen molar-refractivity contribution in [2.24, 2.45) is 0 Å². The lowest BCUT2D eigenvalue weighted by atomic mass is 10.1. The van der Waals surface area contributed by atoms with Crippen molar-refractivity contribution in [3.05, 3.63) is 46.6 Å². The number of aromatic nitrogens is 1. The molecule has 20 heavy (non-hydrogen) atoms. The highest BCUT2D eigenvalue weighted by atomic mass is 79.9. The van der Waals surface area contributed by atoms with Crippen molar-refractivity contribution in [3.8, 4) is 0 Å². The number of carbonyl (C=O) groups is 1. The number of hydrogen-bond acceptors (Lipinski definition) is 4. The average Bonchev–Trinajstić information content (AvgIpc) is 2.40. The van der Waals surface area contributed by atoms with Gasteiger partial charge in [0.05, 0.1) is 10.0 Å². The molecule has 1 aromatic heterocycles. The normalized spacial score (nSPS) is 10.2. The second-order valence-corrected chi connectivity index (χ2v) is 5.31. The van der Waals surface area contributed by atoms with Gasteiger partial charge in [0.1, 0.15) is 5.82 Å². The molecule has 6 heteroatoms. The number of nitrogen functional groups attached to an aromatic ring is 1. The smallest absolute Gasteiger partial charge is 0.259 e.